The minimum atomic E-state index is -0.625. The van der Waals surface area contributed by atoms with Crippen molar-refractivity contribution in [3.8, 4) is 0 Å². The fraction of sp³-hybridized carbons (Fsp3) is 0.385. The molecule has 0 saturated heterocycles. The maximum Gasteiger partial charge on any atom is 0.433 e. The zero-order valence-corrected chi connectivity index (χ0v) is 13.7. The van der Waals surface area contributed by atoms with Gasteiger partial charge in [-0.25, -0.2) is 5.43 Å². The molecular weight excluding hydrogens is 316 g/mol. The van der Waals surface area contributed by atoms with E-state index in [-0.39, 0.29) is 23.1 Å². The highest BCUT2D eigenvalue weighted by Crippen LogP contribution is 2.15. The molecule has 2 heterocycles. The number of hydrogen-bond donors (Lipinski definition) is 3. The van der Waals surface area contributed by atoms with Crippen molar-refractivity contribution in [1.29, 1.82) is 0 Å². The van der Waals surface area contributed by atoms with Crippen molar-refractivity contribution in [2.75, 3.05) is 23.1 Å². The highest BCUT2D eigenvalue weighted by atomic mass is 16.6. The number of nitrogens with one attached hydrogen (secondary N) is 3. The van der Waals surface area contributed by atoms with Crippen LogP contribution in [0.3, 0.4) is 0 Å². The number of hydrogen-bond acceptors (Lipinski definition) is 10. The fourth-order valence-electron chi connectivity index (χ4n) is 1.59. The number of nitrogens with zero attached hydrogens (tertiary/aromatic N) is 5. The molecule has 0 saturated carbocycles. The van der Waals surface area contributed by atoms with Crippen LogP contribution in [0, 0.1) is 10.1 Å². The maximum absolute atomic E-state index is 10.5. The van der Waals surface area contributed by atoms with Crippen molar-refractivity contribution < 1.29 is 9.34 Å². The molecule has 0 bridgehead atoms. The largest absolute Gasteiger partial charge is 0.433 e. The molecule has 2 rings (SSSR count). The minimum Gasteiger partial charge on any atom is -0.400 e. The lowest BCUT2D eigenvalue weighted by atomic mass is 10.1. The molecule has 2 aromatic heterocycles. The van der Waals surface area contributed by atoms with Gasteiger partial charge in [-0.1, -0.05) is 0 Å². The highest BCUT2D eigenvalue weighted by molar-refractivity contribution is 5.76. The number of furan rings is 1. The number of nitro groups is 1. The Morgan fingerprint density at radius 1 is 1.21 bits per heavy atom. The first-order valence-corrected chi connectivity index (χ1v) is 7.02. The van der Waals surface area contributed by atoms with E-state index < -0.39 is 4.92 Å². The van der Waals surface area contributed by atoms with E-state index >= 15 is 0 Å². The molecule has 0 spiro atoms. The Kier molecular flexibility index (Phi) is 4.92. The molecule has 0 fully saturated rings. The summed E-state index contributed by atoms with van der Waals surface area (Å²) >= 11 is 0. The van der Waals surface area contributed by atoms with Crippen molar-refractivity contribution >= 4 is 29.9 Å². The molecule has 128 valence electrons. The van der Waals surface area contributed by atoms with Crippen LogP contribution in [-0.2, 0) is 0 Å². The van der Waals surface area contributed by atoms with Crippen molar-refractivity contribution in [3.63, 3.8) is 0 Å². The van der Waals surface area contributed by atoms with Crippen molar-refractivity contribution in [2.45, 2.75) is 26.3 Å². The van der Waals surface area contributed by atoms with Gasteiger partial charge in [0.1, 0.15) is 4.92 Å². The average Bonchev–Trinajstić information content (AvgIpc) is 2.94. The number of aromatic nitrogens is 3. The summed E-state index contributed by atoms with van der Waals surface area (Å²) in [6.45, 7) is 5.93. The van der Waals surface area contributed by atoms with Gasteiger partial charge in [0.25, 0.3) is 0 Å². The molecule has 11 nitrogen and oxygen atoms in total. The van der Waals surface area contributed by atoms with Gasteiger partial charge in [-0.05, 0) is 26.8 Å². The summed E-state index contributed by atoms with van der Waals surface area (Å²) < 4.78 is 4.95. The second kappa shape index (κ2) is 6.89. The van der Waals surface area contributed by atoms with Crippen LogP contribution in [-0.4, -0.2) is 38.7 Å². The monoisotopic (exact) mass is 334 g/mol. The number of rotatable bonds is 6. The van der Waals surface area contributed by atoms with E-state index in [2.05, 4.69) is 36.1 Å². The SMILES string of the molecule is CNc1nc(N/N=C/c2ccc([N+](=O)[O-])o2)nc(NC(C)(C)C)n1. The van der Waals surface area contributed by atoms with Crippen LogP contribution in [0.5, 0.6) is 0 Å². The Balaban J connectivity index is 2.11. The van der Waals surface area contributed by atoms with Gasteiger partial charge in [0.15, 0.2) is 5.76 Å². The van der Waals surface area contributed by atoms with E-state index in [1.165, 1.54) is 18.3 Å². The topological polar surface area (TPSA) is 143 Å². The molecule has 0 radical (unpaired) electrons. The molecule has 11 heteroatoms. The molecule has 2 aromatic rings. The third kappa shape index (κ3) is 4.90. The number of hydrazone groups is 1. The van der Waals surface area contributed by atoms with Gasteiger partial charge in [0.2, 0.25) is 17.8 Å². The zero-order valence-electron chi connectivity index (χ0n) is 13.7. The molecule has 24 heavy (non-hydrogen) atoms. The van der Waals surface area contributed by atoms with Crippen molar-refractivity contribution in [2.24, 2.45) is 5.10 Å². The Labute approximate surface area is 137 Å². The van der Waals surface area contributed by atoms with Gasteiger partial charge < -0.3 is 15.1 Å². The molecular formula is C13H18N8O3. The van der Waals surface area contributed by atoms with E-state index in [1.54, 1.807) is 7.05 Å². The van der Waals surface area contributed by atoms with Gasteiger partial charge in [-0.3, -0.25) is 10.1 Å². The van der Waals surface area contributed by atoms with Crippen LogP contribution in [0.2, 0.25) is 0 Å². The quantitative estimate of drug-likeness (QED) is 0.410. The van der Waals surface area contributed by atoms with E-state index in [0.29, 0.717) is 11.9 Å². The predicted molar refractivity (Wildman–Crippen MR) is 89.3 cm³/mol. The fourth-order valence-corrected chi connectivity index (χ4v) is 1.59. The Bertz CT molecular complexity index is 750. The van der Waals surface area contributed by atoms with E-state index in [9.17, 15) is 10.1 Å². The van der Waals surface area contributed by atoms with E-state index in [0.717, 1.165) is 0 Å². The third-order valence-electron chi connectivity index (χ3n) is 2.49. The van der Waals surface area contributed by atoms with Gasteiger partial charge in [0.05, 0.1) is 12.3 Å². The summed E-state index contributed by atoms with van der Waals surface area (Å²) in [5.74, 6) is 0.825. The Hall–Kier alpha value is -3.24. The summed E-state index contributed by atoms with van der Waals surface area (Å²) in [5, 5.41) is 20.4. The minimum absolute atomic E-state index is 0.207. The van der Waals surface area contributed by atoms with Crippen LogP contribution >= 0.6 is 0 Å². The lowest BCUT2D eigenvalue weighted by molar-refractivity contribution is -0.402. The van der Waals surface area contributed by atoms with Crippen LogP contribution in [0.15, 0.2) is 21.7 Å². The first kappa shape index (κ1) is 17.1. The summed E-state index contributed by atoms with van der Waals surface area (Å²) in [6, 6.07) is 2.68. The van der Waals surface area contributed by atoms with Crippen LogP contribution in [0.4, 0.5) is 23.7 Å². The standard InChI is InChI=1S/C13H18N8O3/c1-13(2,3)19-11-16-10(14-4)17-12(18-11)20-15-7-8-5-6-9(24-8)21(22)23/h5-7H,1-4H3,(H3,14,16,17,18,19,20)/b15-7+. The lowest BCUT2D eigenvalue weighted by Crippen LogP contribution is -2.27. The Morgan fingerprint density at radius 2 is 1.88 bits per heavy atom. The van der Waals surface area contributed by atoms with E-state index in [4.69, 9.17) is 4.42 Å². The van der Waals surface area contributed by atoms with Gasteiger partial charge in [0, 0.05) is 12.6 Å². The van der Waals surface area contributed by atoms with Crippen LogP contribution < -0.4 is 16.1 Å². The van der Waals surface area contributed by atoms with Crippen LogP contribution in [0.25, 0.3) is 0 Å². The Morgan fingerprint density at radius 3 is 2.46 bits per heavy atom. The smallest absolute Gasteiger partial charge is 0.400 e. The predicted octanol–water partition coefficient (Wildman–Crippen LogP) is 2.07. The first-order valence-electron chi connectivity index (χ1n) is 7.02. The zero-order chi connectivity index (χ0) is 17.7. The second-order valence-corrected chi connectivity index (χ2v) is 5.73. The summed E-state index contributed by atoms with van der Waals surface area (Å²) in [4.78, 5) is 22.4. The molecule has 0 aliphatic carbocycles. The molecule has 0 atom stereocenters. The van der Waals surface area contributed by atoms with Crippen molar-refractivity contribution in [3.05, 3.63) is 28.0 Å². The summed E-state index contributed by atoms with van der Waals surface area (Å²) in [7, 11) is 1.69. The summed E-state index contributed by atoms with van der Waals surface area (Å²) in [5.41, 5.74) is 2.41. The molecule has 0 aromatic carbocycles. The van der Waals surface area contributed by atoms with Gasteiger partial charge in [-0.15, -0.1) is 0 Å². The average molecular weight is 334 g/mol. The normalized spacial score (nSPS) is 11.5. The maximum atomic E-state index is 10.5. The van der Waals surface area contributed by atoms with E-state index in [1.807, 2.05) is 20.8 Å². The molecule has 0 amide bonds. The number of anilines is 3. The molecule has 0 aliphatic rings. The highest BCUT2D eigenvalue weighted by Gasteiger charge is 2.13. The molecule has 0 aliphatic heterocycles. The second-order valence-electron chi connectivity index (χ2n) is 5.73. The van der Waals surface area contributed by atoms with Crippen LogP contribution in [0.1, 0.15) is 26.5 Å². The summed E-state index contributed by atoms with van der Waals surface area (Å²) in [6.07, 6.45) is 1.28. The first-order chi connectivity index (χ1) is 11.3. The molecule has 3 N–H and O–H groups in total. The van der Waals surface area contributed by atoms with Crippen molar-refractivity contribution in [1.82, 2.24) is 15.0 Å². The third-order valence-corrected chi connectivity index (χ3v) is 2.49. The lowest BCUT2D eigenvalue weighted by Gasteiger charge is -2.20. The van der Waals surface area contributed by atoms with Gasteiger partial charge >= 0.3 is 5.88 Å². The molecule has 0 unspecified atom stereocenters. The van der Waals surface area contributed by atoms with Gasteiger partial charge in [-0.2, -0.15) is 20.1 Å².